The van der Waals surface area contributed by atoms with Crippen LogP contribution in [0.2, 0.25) is 0 Å². The summed E-state index contributed by atoms with van der Waals surface area (Å²) in [6.45, 7) is -0.0307. The summed E-state index contributed by atoms with van der Waals surface area (Å²) in [6, 6.07) is 6.63. The van der Waals surface area contributed by atoms with Crippen molar-refractivity contribution in [2.45, 2.75) is 0 Å². The van der Waals surface area contributed by atoms with Gasteiger partial charge in [0.1, 0.15) is 5.75 Å². The number of ether oxygens (including phenoxy) is 1. The molecule has 0 saturated carbocycles. The zero-order valence-corrected chi connectivity index (χ0v) is 13.0. The lowest BCUT2D eigenvalue weighted by molar-refractivity contribution is -0.130. The van der Waals surface area contributed by atoms with E-state index in [1.165, 1.54) is 22.5 Å². The highest BCUT2D eigenvalue weighted by atomic mass is 32.1. The van der Waals surface area contributed by atoms with E-state index in [2.05, 4.69) is 9.59 Å². The van der Waals surface area contributed by atoms with Crippen molar-refractivity contribution in [2.24, 2.45) is 0 Å². The second-order valence-corrected chi connectivity index (χ2v) is 5.24. The lowest BCUT2D eigenvalue weighted by Gasteiger charge is -2.11. The van der Waals surface area contributed by atoms with E-state index < -0.39 is 0 Å². The molecule has 22 heavy (non-hydrogen) atoms. The minimum Gasteiger partial charge on any atom is -0.484 e. The molecule has 1 aromatic carbocycles. The zero-order chi connectivity index (χ0) is 15.9. The molecule has 1 aromatic heterocycles. The van der Waals surface area contributed by atoms with E-state index in [9.17, 15) is 9.59 Å². The number of carbonyl (C=O) groups is 2. The third kappa shape index (κ3) is 4.49. The van der Waals surface area contributed by atoms with Crippen molar-refractivity contribution < 1.29 is 14.3 Å². The zero-order valence-electron chi connectivity index (χ0n) is 12.2. The van der Waals surface area contributed by atoms with E-state index in [-0.39, 0.29) is 18.3 Å². The molecule has 0 N–H and O–H groups in total. The Kier molecular flexibility index (Phi) is 5.37. The first-order valence-electron chi connectivity index (χ1n) is 6.49. The molecule has 0 unspecified atom stereocenters. The number of benzene rings is 1. The molecule has 7 heteroatoms. The van der Waals surface area contributed by atoms with Gasteiger partial charge in [-0.2, -0.15) is 0 Å². The van der Waals surface area contributed by atoms with Crippen molar-refractivity contribution >= 4 is 29.3 Å². The van der Waals surface area contributed by atoms with Gasteiger partial charge in [-0.05, 0) is 47.9 Å². The first kappa shape index (κ1) is 15.8. The molecule has 0 fully saturated rings. The molecule has 0 aliphatic heterocycles. The van der Waals surface area contributed by atoms with Gasteiger partial charge in [-0.3, -0.25) is 9.59 Å². The number of rotatable bonds is 6. The molecule has 0 bridgehead atoms. The number of aromatic nitrogens is 2. The molecule has 1 amide bonds. The quantitative estimate of drug-likeness (QED) is 0.601. The van der Waals surface area contributed by atoms with Crippen LogP contribution in [0.5, 0.6) is 5.75 Å². The summed E-state index contributed by atoms with van der Waals surface area (Å²) < 4.78 is 9.06. The minimum atomic E-state index is -0.135. The van der Waals surface area contributed by atoms with Crippen LogP contribution in [-0.2, 0) is 4.79 Å². The van der Waals surface area contributed by atoms with Crippen molar-refractivity contribution in [3.05, 3.63) is 47.0 Å². The molecule has 0 spiro atoms. The van der Waals surface area contributed by atoms with E-state index in [1.54, 1.807) is 49.8 Å². The fourth-order valence-electron chi connectivity index (χ4n) is 1.49. The number of ketones is 1. The van der Waals surface area contributed by atoms with Crippen molar-refractivity contribution in [1.82, 2.24) is 14.5 Å². The highest BCUT2D eigenvalue weighted by Crippen LogP contribution is 2.13. The number of amides is 1. The molecule has 0 aliphatic rings. The Labute approximate surface area is 132 Å². The van der Waals surface area contributed by atoms with Gasteiger partial charge in [0.05, 0.1) is 5.69 Å². The third-order valence-corrected chi connectivity index (χ3v) is 3.31. The van der Waals surface area contributed by atoms with Crippen LogP contribution in [0.15, 0.2) is 35.7 Å². The van der Waals surface area contributed by atoms with Gasteiger partial charge in [-0.1, -0.05) is 4.49 Å². The monoisotopic (exact) mass is 317 g/mol. The van der Waals surface area contributed by atoms with Crippen LogP contribution in [0.1, 0.15) is 16.1 Å². The second kappa shape index (κ2) is 7.46. The van der Waals surface area contributed by atoms with Gasteiger partial charge in [0, 0.05) is 25.0 Å². The molecular weight excluding hydrogens is 302 g/mol. The van der Waals surface area contributed by atoms with Crippen LogP contribution in [0, 0.1) is 0 Å². The van der Waals surface area contributed by atoms with E-state index in [1.807, 2.05) is 0 Å². The maximum absolute atomic E-state index is 12.0. The van der Waals surface area contributed by atoms with E-state index in [0.717, 1.165) is 0 Å². The van der Waals surface area contributed by atoms with Crippen molar-refractivity contribution in [3.63, 3.8) is 0 Å². The topological polar surface area (TPSA) is 72.4 Å². The van der Waals surface area contributed by atoms with Crippen molar-refractivity contribution in [1.29, 1.82) is 0 Å². The number of hydrogen-bond acceptors (Lipinski definition) is 6. The lowest BCUT2D eigenvalue weighted by atomic mass is 10.1. The average molecular weight is 317 g/mol. The first-order valence-corrected chi connectivity index (χ1v) is 7.32. The van der Waals surface area contributed by atoms with Crippen LogP contribution in [0.4, 0.5) is 0 Å². The molecule has 0 saturated heterocycles. The first-order chi connectivity index (χ1) is 10.6. The number of likely N-dealkylation sites (N-methyl/N-ethyl adjacent to an activating group) is 1. The Bertz CT molecular complexity index is 664. The Hall–Kier alpha value is -2.54. The SMILES string of the molecule is CN(C)C(=O)COc1ccc(C(=O)/C=C/c2csnn2)cc1. The maximum atomic E-state index is 12.0. The van der Waals surface area contributed by atoms with Gasteiger partial charge in [-0.25, -0.2) is 0 Å². The molecule has 114 valence electrons. The molecule has 0 radical (unpaired) electrons. The number of nitrogens with zero attached hydrogens (tertiary/aromatic N) is 3. The molecule has 0 atom stereocenters. The summed E-state index contributed by atoms with van der Waals surface area (Å²) in [7, 11) is 3.33. The summed E-state index contributed by atoms with van der Waals surface area (Å²) in [4.78, 5) is 24.8. The van der Waals surface area contributed by atoms with Gasteiger partial charge in [0.15, 0.2) is 12.4 Å². The van der Waals surface area contributed by atoms with Crippen LogP contribution in [0.3, 0.4) is 0 Å². The molecule has 6 nitrogen and oxygen atoms in total. The fraction of sp³-hybridized carbons (Fsp3) is 0.200. The van der Waals surface area contributed by atoms with E-state index in [0.29, 0.717) is 17.0 Å². The molecule has 2 aromatic rings. The summed E-state index contributed by atoms with van der Waals surface area (Å²) in [5.41, 5.74) is 1.19. The summed E-state index contributed by atoms with van der Waals surface area (Å²) in [5, 5.41) is 5.58. The summed E-state index contributed by atoms with van der Waals surface area (Å²) >= 11 is 1.23. The largest absolute Gasteiger partial charge is 0.484 e. The van der Waals surface area contributed by atoms with Crippen molar-refractivity contribution in [2.75, 3.05) is 20.7 Å². The number of allylic oxidation sites excluding steroid dienone is 1. The molecule has 0 aliphatic carbocycles. The number of hydrogen-bond donors (Lipinski definition) is 0. The average Bonchev–Trinajstić information content (AvgIpc) is 3.04. The Balaban J connectivity index is 1.93. The summed E-state index contributed by atoms with van der Waals surface area (Å²) in [6.07, 6.45) is 3.06. The maximum Gasteiger partial charge on any atom is 0.259 e. The van der Waals surface area contributed by atoms with Crippen molar-refractivity contribution in [3.8, 4) is 5.75 Å². The third-order valence-electron chi connectivity index (χ3n) is 2.78. The number of carbonyl (C=O) groups excluding carboxylic acids is 2. The summed E-state index contributed by atoms with van der Waals surface area (Å²) in [5.74, 6) is 0.281. The Morgan fingerprint density at radius 3 is 2.59 bits per heavy atom. The van der Waals surface area contributed by atoms with E-state index in [4.69, 9.17) is 4.74 Å². The van der Waals surface area contributed by atoms with Gasteiger partial charge in [0.2, 0.25) is 0 Å². The Morgan fingerprint density at radius 1 is 1.27 bits per heavy atom. The predicted octanol–water partition coefficient (Wildman–Crippen LogP) is 1.90. The highest BCUT2D eigenvalue weighted by Gasteiger charge is 2.06. The van der Waals surface area contributed by atoms with E-state index >= 15 is 0 Å². The van der Waals surface area contributed by atoms with Crippen LogP contribution in [-0.4, -0.2) is 46.9 Å². The Morgan fingerprint density at radius 2 is 2.00 bits per heavy atom. The van der Waals surface area contributed by atoms with Gasteiger partial charge in [-0.15, -0.1) is 5.10 Å². The van der Waals surface area contributed by atoms with Gasteiger partial charge >= 0.3 is 0 Å². The molecular formula is C15H15N3O3S. The minimum absolute atomic E-state index is 0.0307. The highest BCUT2D eigenvalue weighted by molar-refractivity contribution is 7.03. The van der Waals surface area contributed by atoms with Crippen LogP contribution < -0.4 is 4.74 Å². The smallest absolute Gasteiger partial charge is 0.259 e. The lowest BCUT2D eigenvalue weighted by Crippen LogP contribution is -2.27. The van der Waals surface area contributed by atoms with Gasteiger partial charge in [0.25, 0.3) is 5.91 Å². The molecule has 2 rings (SSSR count). The second-order valence-electron chi connectivity index (χ2n) is 4.63. The van der Waals surface area contributed by atoms with Crippen LogP contribution >= 0.6 is 11.5 Å². The van der Waals surface area contributed by atoms with Crippen LogP contribution in [0.25, 0.3) is 6.08 Å². The van der Waals surface area contributed by atoms with Gasteiger partial charge < -0.3 is 9.64 Å². The predicted molar refractivity (Wildman–Crippen MR) is 83.9 cm³/mol. The normalized spacial score (nSPS) is 10.6. The standard InChI is InChI=1S/C15H15N3O3S/c1-18(2)15(20)9-21-13-6-3-11(4-7-13)14(19)8-5-12-10-22-17-16-12/h3-8,10H,9H2,1-2H3/b8-5+. The molecule has 1 heterocycles. The fourth-order valence-corrected chi connectivity index (χ4v) is 1.91.